The zero-order valence-corrected chi connectivity index (χ0v) is 64.9. The van der Waals surface area contributed by atoms with Crippen LogP contribution in [0.15, 0.2) is 155 Å². The van der Waals surface area contributed by atoms with Crippen molar-refractivity contribution in [1.29, 1.82) is 4.78 Å². The van der Waals surface area contributed by atoms with Crippen LogP contribution >= 0.6 is 10.7 Å². The van der Waals surface area contributed by atoms with Crippen LogP contribution in [0, 0.1) is 4.78 Å². The molecular formula is C59H90ClN5O27S5Si2. The van der Waals surface area contributed by atoms with Crippen LogP contribution in [0.1, 0.15) is 152 Å². The van der Waals surface area contributed by atoms with Crippen LogP contribution < -0.4 is 19.1 Å². The van der Waals surface area contributed by atoms with Crippen LogP contribution in [-0.4, -0.2) is 106 Å². The molecule has 0 aliphatic heterocycles. The van der Waals surface area contributed by atoms with E-state index in [0.29, 0.717) is 28.9 Å². The molecule has 32 nitrogen and oxygen atoms in total. The van der Waals surface area contributed by atoms with Crippen LogP contribution in [0.3, 0.4) is 0 Å². The third kappa shape index (κ3) is 34.2. The zero-order chi connectivity index (χ0) is 78.0. The molecule has 7 rings (SSSR count). The van der Waals surface area contributed by atoms with Crippen molar-refractivity contribution in [2.75, 3.05) is 6.61 Å². The lowest BCUT2D eigenvalue weighted by molar-refractivity contribution is -0.193. The van der Waals surface area contributed by atoms with Gasteiger partial charge in [0.15, 0.2) is 9.92 Å². The number of aryl methyl sites for hydroxylation is 2. The Morgan fingerprint density at radius 2 is 0.838 bits per heavy atom. The monoisotopic (exact) mass is 1550 g/mol. The Morgan fingerprint density at radius 3 is 1.10 bits per heavy atom. The number of sulfonamides is 3. The first kappa shape index (κ1) is 93.9. The molecule has 0 bridgehead atoms. The number of esters is 1. The molecule has 1 unspecified atom stereocenters. The Bertz CT molecular complexity index is 4090. The van der Waals surface area contributed by atoms with Gasteiger partial charge in [-0.05, 0) is 94.6 Å². The molecule has 0 radical (unpaired) electrons. The van der Waals surface area contributed by atoms with E-state index in [1.165, 1.54) is 107 Å². The minimum Gasteiger partial charge on any atom is -0.478 e. The molecule has 1 atom stereocenters. The third-order valence-corrected chi connectivity index (χ3v) is 31.6. The number of primary sulfonamides is 2. The fraction of sp³-hybridized carbons (Fsp3) is 0.458. The van der Waals surface area contributed by atoms with Gasteiger partial charge < -0.3 is 56.1 Å². The Hall–Kier alpha value is -7.15. The highest BCUT2D eigenvalue weighted by Gasteiger charge is 2.41. The van der Waals surface area contributed by atoms with E-state index >= 15 is 0 Å². The van der Waals surface area contributed by atoms with Gasteiger partial charge >= 0.3 is 24.2 Å². The summed E-state index contributed by atoms with van der Waals surface area (Å²) in [4.78, 5) is 53.3. The Balaban J connectivity index is 0. The summed E-state index contributed by atoms with van der Waals surface area (Å²) in [6.45, 7) is 35.7. The van der Waals surface area contributed by atoms with Crippen molar-refractivity contribution >= 4 is 100 Å². The minimum absolute atomic E-state index is 0.0393. The molecule has 7 heterocycles. The Labute approximate surface area is 583 Å². The summed E-state index contributed by atoms with van der Waals surface area (Å²) in [6, 6.07) is 9.87. The number of rotatable bonds is 17. The van der Waals surface area contributed by atoms with Crippen molar-refractivity contribution in [3.8, 4) is 0 Å². The van der Waals surface area contributed by atoms with Gasteiger partial charge in [0.25, 0.3) is 39.1 Å². The lowest BCUT2D eigenvalue weighted by Gasteiger charge is -2.37. The number of hydrogen-bond acceptors (Lipinski definition) is 27. The van der Waals surface area contributed by atoms with Crippen molar-refractivity contribution in [3.63, 3.8) is 0 Å². The molecule has 0 aromatic carbocycles. The van der Waals surface area contributed by atoms with Crippen LogP contribution in [0.4, 0.5) is 0 Å². The zero-order valence-electron chi connectivity index (χ0n) is 58.1. The van der Waals surface area contributed by atoms with Crippen molar-refractivity contribution in [1.82, 2.24) is 8.78 Å². The Morgan fingerprint density at radius 1 is 0.525 bits per heavy atom. The first-order valence-electron chi connectivity index (χ1n) is 28.7. The summed E-state index contributed by atoms with van der Waals surface area (Å²) in [5.41, 5.74) is 0.286. The number of nitrogens with one attached hydrogen (secondary N) is 3. The van der Waals surface area contributed by atoms with E-state index in [1.807, 2.05) is 60.8 Å². The molecule has 7 aromatic rings. The molecule has 40 heteroatoms. The van der Waals surface area contributed by atoms with Crippen molar-refractivity contribution in [3.05, 3.63) is 138 Å². The smallest absolute Gasteiger partial charge is 0.373 e. The summed E-state index contributed by atoms with van der Waals surface area (Å²) in [7, 11) is -17.4. The largest absolute Gasteiger partial charge is 0.478 e. The second-order valence-corrected chi connectivity index (χ2v) is 44.7. The molecule has 0 saturated heterocycles. The molecule has 0 spiro atoms. The highest BCUT2D eigenvalue weighted by molar-refractivity contribution is 8.13. The number of aliphatic hydroxyl groups is 3. The second kappa shape index (κ2) is 38.6. The molecular weight excluding hydrogens is 1460 g/mol. The molecule has 0 fully saturated rings. The second-order valence-electron chi connectivity index (χ2n) is 25.2. The maximum Gasteiger partial charge on any atom is 0.373 e. The summed E-state index contributed by atoms with van der Waals surface area (Å²) < 4.78 is 154. The van der Waals surface area contributed by atoms with Crippen LogP contribution in [-0.2, 0) is 103 Å². The average Bonchev–Trinajstić information content (AvgIpc) is 1.68. The van der Waals surface area contributed by atoms with Gasteiger partial charge in [-0.25, -0.2) is 71.3 Å². The standard InChI is InChI=1S/C13H26N2O3SSi.C13H25NO4SSi.C7H11NO4S.C7H8O3.C6H7ClO3S.C6H9NO3S.C5H4O3.2CO2/c1-12(2,3)20(6,7)15-19(14,17)11-8-10(9-18-11)13(4,5)16;1-12(2,3)20(6,7)14-19(16,17)11-8-10(9-18-11)13(4,5)15;1-7(2,9)5-3-6(12-4-5)13(8,10)11;1-2-10-7(8)6-3-4-9-5-6;2*1-2-5-3-6(10-4-5)11(7,8)9;6-5(7)4-1-2-8-3-4;2*2-1-3/h8-9,16H,1-7H3,(H2,14,15,17);8-9,14-15H,1-7H3;3-4,9H,1-2H3,(H2,8,10,11);3-5H,2H2,1H3;3-4H,2H2,1H3;3-4H,2H2,1H3,(H2,7,8,9);1-3H,(H,6,7);;. The highest BCUT2D eigenvalue weighted by Crippen LogP contribution is 2.37. The number of aromatic carboxylic acids is 1. The number of carbonyl (C=O) groups is 2. The SMILES string of the molecule is CC(C)(O)c1coc(S(=N)(=O)N[Si](C)(C)C(C)(C)C)c1.CC(C)(O)c1coc(S(=O)(=O)N[Si](C)(C)C(C)(C)C)c1.CC(C)(O)c1coc(S(N)(=O)=O)c1.CCOC(=O)c1ccoc1.CCc1coc(S(=O)(=O)Cl)c1.CCc1coc(S(N)(=O)=O)c1.O=C(O)c1ccoc1.O=C=O.O=C=O. The number of carboxylic acids is 1. The van der Waals surface area contributed by atoms with Gasteiger partial charge in [0.05, 0.1) is 78.4 Å². The summed E-state index contributed by atoms with van der Waals surface area (Å²) in [5.74, 6) is -1.30. The quantitative estimate of drug-likeness (QED) is 0.0232. The maximum absolute atomic E-state index is 12.6. The van der Waals surface area contributed by atoms with E-state index in [0.717, 1.165) is 24.0 Å². The number of carboxylic acid groups (broad SMARTS) is 1. The number of furan rings is 7. The van der Waals surface area contributed by atoms with Gasteiger partial charge in [0.2, 0.25) is 25.5 Å². The maximum atomic E-state index is 12.6. The van der Waals surface area contributed by atoms with Crippen LogP contribution in [0.2, 0.25) is 36.3 Å². The highest BCUT2D eigenvalue weighted by atomic mass is 35.7. The Kier molecular flexibility index (Phi) is 36.6. The van der Waals surface area contributed by atoms with E-state index in [1.54, 1.807) is 40.7 Å². The average molecular weight is 1550 g/mol. The minimum atomic E-state index is -3.82. The molecule has 0 saturated carbocycles. The molecule has 558 valence electrons. The first-order chi connectivity index (χ1) is 44.6. The lowest BCUT2D eigenvalue weighted by atomic mass is 10.0. The number of nitrogens with two attached hydrogens (primary N) is 2. The van der Waals surface area contributed by atoms with E-state index < -0.39 is 88.3 Å². The van der Waals surface area contributed by atoms with E-state index in [4.69, 9.17) is 67.7 Å². The summed E-state index contributed by atoms with van der Waals surface area (Å²) in [5, 5.41) is 46.1. The van der Waals surface area contributed by atoms with Crippen LogP contribution in [0.5, 0.6) is 0 Å². The van der Waals surface area contributed by atoms with Crippen LogP contribution in [0.25, 0.3) is 0 Å². The molecule has 11 N–H and O–H groups in total. The van der Waals surface area contributed by atoms with Gasteiger partial charge in [0, 0.05) is 57.7 Å². The fourth-order valence-corrected chi connectivity index (χ4v) is 17.2. The van der Waals surface area contributed by atoms with Gasteiger partial charge in [-0.2, -0.15) is 19.2 Å². The van der Waals surface area contributed by atoms with E-state index in [9.17, 15) is 62.8 Å². The van der Waals surface area contributed by atoms with E-state index in [2.05, 4.69) is 47.5 Å². The molecule has 0 amide bonds. The fourth-order valence-electron chi connectivity index (χ4n) is 5.79. The van der Waals surface area contributed by atoms with Gasteiger partial charge in [-0.1, -0.05) is 81.6 Å². The topological polar surface area (TPSA) is 538 Å². The number of hydrogen-bond donors (Lipinski definition) is 9. The van der Waals surface area contributed by atoms with Crippen molar-refractivity contribution in [2.24, 2.45) is 10.3 Å². The number of ether oxygens (including phenoxy) is 1. The summed E-state index contributed by atoms with van der Waals surface area (Å²) >= 11 is 0. The number of halogens is 1. The van der Waals surface area contributed by atoms with E-state index in [-0.39, 0.29) is 59.4 Å². The van der Waals surface area contributed by atoms with Gasteiger partial charge in [-0.3, -0.25) is 0 Å². The third-order valence-electron chi connectivity index (χ3n) is 13.6. The molecule has 7 aromatic heterocycles. The molecule has 99 heavy (non-hydrogen) atoms. The van der Waals surface area contributed by atoms with Crippen molar-refractivity contribution in [2.45, 2.75) is 195 Å². The first-order valence-corrected chi connectivity index (χ1v) is 43.2. The normalized spacial score (nSPS) is 12.6. The van der Waals surface area contributed by atoms with Gasteiger partial charge in [0.1, 0.15) is 29.0 Å². The van der Waals surface area contributed by atoms with Crippen molar-refractivity contribution < 1.29 is 123 Å². The molecule has 0 aliphatic rings. The number of carbonyl (C=O) groups excluding carboxylic acids is 5. The predicted molar refractivity (Wildman–Crippen MR) is 361 cm³/mol. The summed E-state index contributed by atoms with van der Waals surface area (Å²) in [6.07, 6.45) is 13.8. The lowest BCUT2D eigenvalue weighted by Crippen LogP contribution is -2.54. The van der Waals surface area contributed by atoms with Gasteiger partial charge in [-0.15, -0.1) is 0 Å². The molecule has 0 aliphatic carbocycles. The predicted octanol–water partition coefficient (Wildman–Crippen LogP) is 9.89.